The van der Waals surface area contributed by atoms with Crippen molar-refractivity contribution >= 4 is 5.69 Å². The quantitative estimate of drug-likeness (QED) is 0.434. The van der Waals surface area contributed by atoms with E-state index in [1.807, 2.05) is 0 Å². The van der Waals surface area contributed by atoms with Gasteiger partial charge in [0.1, 0.15) is 12.4 Å². The zero-order valence-corrected chi connectivity index (χ0v) is 12.9. The highest BCUT2D eigenvalue weighted by atomic mass is 19.4. The molecule has 0 saturated heterocycles. The molecule has 1 saturated carbocycles. The Morgan fingerprint density at radius 2 is 1.81 bits per heavy atom. The lowest BCUT2D eigenvalue weighted by molar-refractivity contribution is -0.385. The Hall–Kier alpha value is -2.59. The van der Waals surface area contributed by atoms with Crippen molar-refractivity contribution in [1.29, 1.82) is 0 Å². The van der Waals surface area contributed by atoms with Crippen molar-refractivity contribution in [2.75, 3.05) is 0 Å². The summed E-state index contributed by atoms with van der Waals surface area (Å²) in [6.07, 6.45) is -6.94. The van der Waals surface area contributed by atoms with Crippen molar-refractivity contribution in [3.63, 3.8) is 0 Å². The van der Waals surface area contributed by atoms with Crippen molar-refractivity contribution in [2.45, 2.75) is 31.2 Å². The minimum absolute atomic E-state index is 0.0720. The highest BCUT2D eigenvalue weighted by molar-refractivity contribution is 5.39. The summed E-state index contributed by atoms with van der Waals surface area (Å²) in [5.41, 5.74) is -3.61. The first-order chi connectivity index (χ1) is 12.0. The molecule has 5 nitrogen and oxygen atoms in total. The second-order valence-electron chi connectivity index (χ2n) is 6.02. The molecule has 0 aliphatic heterocycles. The third-order valence-corrected chi connectivity index (χ3v) is 4.16. The van der Waals surface area contributed by atoms with Crippen LogP contribution < -0.4 is 0 Å². The molecule has 0 N–H and O–H groups in total. The molecule has 26 heavy (non-hydrogen) atoms. The summed E-state index contributed by atoms with van der Waals surface area (Å²) in [5, 5.41) is 14.5. The summed E-state index contributed by atoms with van der Waals surface area (Å²) in [4.78, 5) is 10.0. The van der Waals surface area contributed by atoms with E-state index in [0.717, 1.165) is 23.1 Å². The smallest absolute Gasteiger partial charge is 0.258 e. The van der Waals surface area contributed by atoms with Gasteiger partial charge in [0, 0.05) is 0 Å². The summed E-state index contributed by atoms with van der Waals surface area (Å²) < 4.78 is 79.7. The first-order valence-electron chi connectivity index (χ1n) is 7.45. The number of benzene rings is 1. The van der Waals surface area contributed by atoms with E-state index in [0.29, 0.717) is 18.9 Å². The molecular formula is C15H11F6N3O2. The molecule has 1 heterocycles. The van der Waals surface area contributed by atoms with E-state index in [-0.39, 0.29) is 17.5 Å². The fourth-order valence-electron chi connectivity index (χ4n) is 2.83. The first-order valence-corrected chi connectivity index (χ1v) is 7.45. The summed E-state index contributed by atoms with van der Waals surface area (Å²) in [7, 11) is 0. The topological polar surface area (TPSA) is 61.0 Å². The molecular weight excluding hydrogens is 368 g/mol. The van der Waals surface area contributed by atoms with Gasteiger partial charge < -0.3 is 0 Å². The third-order valence-electron chi connectivity index (χ3n) is 4.16. The van der Waals surface area contributed by atoms with Gasteiger partial charge in [-0.15, -0.1) is 0 Å². The summed E-state index contributed by atoms with van der Waals surface area (Å²) >= 11 is 0. The summed E-state index contributed by atoms with van der Waals surface area (Å²) in [6, 6.07) is 0.408. The molecule has 140 valence electrons. The number of nitro groups is 1. The van der Waals surface area contributed by atoms with E-state index in [1.165, 1.54) is 0 Å². The maximum atomic E-state index is 13.4. The van der Waals surface area contributed by atoms with Gasteiger partial charge in [0.05, 0.1) is 22.1 Å². The molecule has 0 spiro atoms. The Labute approximate surface area is 142 Å². The van der Waals surface area contributed by atoms with Crippen molar-refractivity contribution in [3.8, 4) is 0 Å². The molecule has 1 atom stereocenters. The Morgan fingerprint density at radius 3 is 2.27 bits per heavy atom. The van der Waals surface area contributed by atoms with E-state index < -0.39 is 40.1 Å². The second kappa shape index (κ2) is 5.99. The van der Waals surface area contributed by atoms with E-state index in [4.69, 9.17) is 0 Å². The van der Waals surface area contributed by atoms with Crippen LogP contribution in [0.15, 0.2) is 30.6 Å². The summed E-state index contributed by atoms with van der Waals surface area (Å²) in [6.45, 7) is 0. The predicted molar refractivity (Wildman–Crippen MR) is 76.2 cm³/mol. The van der Waals surface area contributed by atoms with Gasteiger partial charge in [-0.25, -0.2) is 0 Å². The van der Waals surface area contributed by atoms with Crippen LogP contribution in [-0.2, 0) is 12.4 Å². The maximum Gasteiger partial charge on any atom is 0.416 e. The molecule has 2 aromatic rings. The van der Waals surface area contributed by atoms with E-state index in [9.17, 15) is 36.5 Å². The van der Waals surface area contributed by atoms with Crippen LogP contribution in [0.25, 0.3) is 0 Å². The molecule has 1 aliphatic rings. The number of hydrogen-bond donors (Lipinski definition) is 0. The Morgan fingerprint density at radius 1 is 1.15 bits per heavy atom. The highest BCUT2D eigenvalue weighted by Crippen LogP contribution is 2.48. The minimum atomic E-state index is -5.01. The number of alkyl halides is 6. The minimum Gasteiger partial charge on any atom is -0.258 e. The van der Waals surface area contributed by atoms with Crippen LogP contribution in [0, 0.1) is 16.0 Å². The molecule has 0 bridgehead atoms. The van der Waals surface area contributed by atoms with Crippen molar-refractivity contribution in [1.82, 2.24) is 9.78 Å². The number of halogens is 6. The number of rotatable bonds is 4. The molecule has 1 aromatic heterocycles. The highest BCUT2D eigenvalue weighted by Gasteiger charge is 2.43. The molecule has 1 aliphatic carbocycles. The third kappa shape index (κ3) is 3.51. The fraction of sp³-hybridized carbons (Fsp3) is 0.400. The lowest BCUT2D eigenvalue weighted by atomic mass is 9.94. The predicted octanol–water partition coefficient (Wildman–Crippen LogP) is 4.83. The maximum absolute atomic E-state index is 13.4. The van der Waals surface area contributed by atoms with Gasteiger partial charge in [-0.1, -0.05) is 6.07 Å². The fourth-order valence-corrected chi connectivity index (χ4v) is 2.83. The lowest BCUT2D eigenvalue weighted by Crippen LogP contribution is -2.20. The molecule has 1 aromatic carbocycles. The molecule has 3 rings (SSSR count). The van der Waals surface area contributed by atoms with Crippen LogP contribution in [0.3, 0.4) is 0 Å². The zero-order chi connectivity index (χ0) is 19.3. The van der Waals surface area contributed by atoms with E-state index in [1.54, 1.807) is 0 Å². The van der Waals surface area contributed by atoms with Crippen LogP contribution in [0.1, 0.15) is 35.6 Å². The largest absolute Gasteiger partial charge is 0.416 e. The van der Waals surface area contributed by atoms with Gasteiger partial charge in [0.2, 0.25) is 0 Å². The van der Waals surface area contributed by atoms with Crippen LogP contribution >= 0.6 is 0 Å². The molecule has 0 radical (unpaired) electrons. The van der Waals surface area contributed by atoms with Crippen molar-refractivity contribution in [2.24, 2.45) is 5.92 Å². The summed E-state index contributed by atoms with van der Waals surface area (Å²) in [5.74, 6) is -0.285. The zero-order valence-electron chi connectivity index (χ0n) is 12.9. The van der Waals surface area contributed by atoms with E-state index >= 15 is 0 Å². The monoisotopic (exact) mass is 379 g/mol. The molecule has 0 amide bonds. The number of hydrogen-bond acceptors (Lipinski definition) is 3. The van der Waals surface area contributed by atoms with Crippen LogP contribution in [0.5, 0.6) is 0 Å². The van der Waals surface area contributed by atoms with Crippen molar-refractivity contribution < 1.29 is 31.3 Å². The van der Waals surface area contributed by atoms with Crippen LogP contribution in [0.4, 0.5) is 32.0 Å². The van der Waals surface area contributed by atoms with Crippen LogP contribution in [0.2, 0.25) is 0 Å². The average Bonchev–Trinajstić information content (AvgIpc) is 3.21. The van der Waals surface area contributed by atoms with Gasteiger partial charge in [0.25, 0.3) is 0 Å². The van der Waals surface area contributed by atoms with Gasteiger partial charge in [0.15, 0.2) is 0 Å². The number of aromatic nitrogens is 2. The van der Waals surface area contributed by atoms with E-state index in [2.05, 4.69) is 5.10 Å². The molecule has 1 fully saturated rings. The molecule has 11 heteroatoms. The lowest BCUT2D eigenvalue weighted by Gasteiger charge is -2.23. The van der Waals surface area contributed by atoms with Gasteiger partial charge >= 0.3 is 18.0 Å². The second-order valence-corrected chi connectivity index (χ2v) is 6.02. The molecule has 1 unspecified atom stereocenters. The average molecular weight is 379 g/mol. The van der Waals surface area contributed by atoms with Crippen LogP contribution in [-0.4, -0.2) is 14.7 Å². The Bertz CT molecular complexity index is 839. The van der Waals surface area contributed by atoms with Gasteiger partial charge in [-0.2, -0.15) is 31.4 Å². The number of nitrogens with zero attached hydrogens (tertiary/aromatic N) is 3. The Balaban J connectivity index is 2.13. The normalized spacial score (nSPS) is 16.5. The van der Waals surface area contributed by atoms with Crippen molar-refractivity contribution in [3.05, 3.63) is 57.4 Å². The van der Waals surface area contributed by atoms with Gasteiger partial charge in [-0.3, -0.25) is 14.8 Å². The standard InChI is InChI=1S/C15H11F6N3O2/c16-14(17,18)9-3-4-11(12(5-9)15(19,20)21)13(8-1-2-8)23-7-10(6-22-23)24(25)26/h3-8,13H,1-2H2. The SMILES string of the molecule is O=[N+]([O-])c1cnn(C(c2ccc(C(F)(F)F)cc2C(F)(F)F)C2CC2)c1. The van der Waals surface area contributed by atoms with Gasteiger partial charge in [-0.05, 0) is 36.5 Å². The Kier molecular flexibility index (Phi) is 4.20. The first kappa shape index (κ1) is 18.2.